The molecule has 0 radical (unpaired) electrons. The van der Waals surface area contributed by atoms with E-state index in [-0.39, 0.29) is 23.8 Å². The summed E-state index contributed by atoms with van der Waals surface area (Å²) in [7, 11) is 0. The number of nitrogens with one attached hydrogen (secondary N) is 1. The Labute approximate surface area is 210 Å². The maximum Gasteiger partial charge on any atom is 0.416 e. The first-order chi connectivity index (χ1) is 17.2. The van der Waals surface area contributed by atoms with Crippen LogP contribution in [0.25, 0.3) is 22.7 Å². The number of amides is 1. The number of hydrogen-bond acceptors (Lipinski definition) is 4. The number of alkyl halides is 3. The summed E-state index contributed by atoms with van der Waals surface area (Å²) < 4.78 is 45.1. The molecule has 0 aliphatic carbocycles. The van der Waals surface area contributed by atoms with Crippen molar-refractivity contribution >= 4 is 23.4 Å². The molecule has 1 atom stereocenters. The third-order valence-electron chi connectivity index (χ3n) is 5.64. The first-order valence-corrected chi connectivity index (χ1v) is 11.6. The van der Waals surface area contributed by atoms with Crippen LogP contribution in [0.5, 0.6) is 5.75 Å². The quantitative estimate of drug-likeness (QED) is 0.263. The highest BCUT2D eigenvalue weighted by molar-refractivity contribution is 6.33. The van der Waals surface area contributed by atoms with Gasteiger partial charge in [-0.2, -0.15) is 13.2 Å². The Balaban J connectivity index is 1.73. The molecule has 1 heterocycles. The standard InChI is InChI=1S/C27H22ClF3N2O3/c1-2-8-19(18-14-13-17(15-22(18)34)27(29,30)31)24(35)33-26-23(20-11-6-7-12-21(20)28)32-25(36-26)16-9-4-3-5-10-16/h3-7,9-15,19,34H,2,8H2,1H3,(H,33,35). The normalized spacial score (nSPS) is 12.4. The number of carbonyl (C=O) groups is 1. The van der Waals surface area contributed by atoms with Gasteiger partial charge in [-0.15, -0.1) is 0 Å². The van der Waals surface area contributed by atoms with E-state index in [2.05, 4.69) is 10.3 Å². The largest absolute Gasteiger partial charge is 0.508 e. The van der Waals surface area contributed by atoms with Crippen LogP contribution in [0, 0.1) is 0 Å². The Morgan fingerprint density at radius 1 is 1.08 bits per heavy atom. The second-order valence-electron chi connectivity index (χ2n) is 8.14. The van der Waals surface area contributed by atoms with Crippen molar-refractivity contribution in [2.45, 2.75) is 31.9 Å². The zero-order valence-corrected chi connectivity index (χ0v) is 19.9. The molecule has 5 nitrogen and oxygen atoms in total. The SMILES string of the molecule is CCCC(C(=O)Nc1oc(-c2ccccc2)nc1-c1ccccc1Cl)c1ccc(C(F)(F)F)cc1O. The average Bonchev–Trinajstić information content (AvgIpc) is 3.26. The number of halogens is 4. The van der Waals surface area contributed by atoms with Gasteiger partial charge in [0, 0.05) is 16.7 Å². The minimum Gasteiger partial charge on any atom is -0.508 e. The van der Waals surface area contributed by atoms with Crippen LogP contribution in [0.4, 0.5) is 19.1 Å². The van der Waals surface area contributed by atoms with Crippen LogP contribution in [-0.2, 0) is 11.0 Å². The lowest BCUT2D eigenvalue weighted by Crippen LogP contribution is -2.21. The summed E-state index contributed by atoms with van der Waals surface area (Å²) in [6, 6.07) is 18.6. The van der Waals surface area contributed by atoms with Gasteiger partial charge < -0.3 is 9.52 Å². The number of oxazole rings is 1. The minimum absolute atomic E-state index is 0.0412. The summed E-state index contributed by atoms with van der Waals surface area (Å²) in [6.45, 7) is 1.83. The molecule has 9 heteroatoms. The number of aromatic hydroxyl groups is 1. The van der Waals surface area contributed by atoms with E-state index in [1.807, 2.05) is 25.1 Å². The minimum atomic E-state index is -4.62. The number of nitrogens with zero attached hydrogens (tertiary/aromatic N) is 1. The third kappa shape index (κ3) is 5.39. The fraction of sp³-hybridized carbons (Fsp3) is 0.185. The van der Waals surface area contributed by atoms with Crippen molar-refractivity contribution < 1.29 is 27.5 Å². The van der Waals surface area contributed by atoms with Gasteiger partial charge in [0.25, 0.3) is 0 Å². The fourth-order valence-electron chi connectivity index (χ4n) is 3.88. The predicted molar refractivity (Wildman–Crippen MR) is 132 cm³/mol. The van der Waals surface area contributed by atoms with Gasteiger partial charge in [-0.3, -0.25) is 10.1 Å². The number of hydrogen-bond donors (Lipinski definition) is 2. The summed E-state index contributed by atoms with van der Waals surface area (Å²) >= 11 is 6.38. The molecule has 0 spiro atoms. The van der Waals surface area contributed by atoms with Crippen LogP contribution in [-0.4, -0.2) is 16.0 Å². The molecule has 2 N–H and O–H groups in total. The number of benzene rings is 3. The van der Waals surface area contributed by atoms with E-state index in [1.54, 1.807) is 36.4 Å². The van der Waals surface area contributed by atoms with Crippen molar-refractivity contribution in [1.29, 1.82) is 0 Å². The lowest BCUT2D eigenvalue weighted by Gasteiger charge is -2.18. The monoisotopic (exact) mass is 514 g/mol. The Morgan fingerprint density at radius 2 is 1.78 bits per heavy atom. The molecular weight excluding hydrogens is 493 g/mol. The van der Waals surface area contributed by atoms with Gasteiger partial charge in [0.2, 0.25) is 17.7 Å². The van der Waals surface area contributed by atoms with Gasteiger partial charge >= 0.3 is 6.18 Å². The number of anilines is 1. The van der Waals surface area contributed by atoms with Crippen LogP contribution in [0.3, 0.4) is 0 Å². The lowest BCUT2D eigenvalue weighted by atomic mass is 9.91. The van der Waals surface area contributed by atoms with Crippen molar-refractivity contribution in [3.05, 3.63) is 88.9 Å². The number of aromatic nitrogens is 1. The summed E-state index contributed by atoms with van der Waals surface area (Å²) in [6.07, 6.45) is -3.79. The van der Waals surface area contributed by atoms with E-state index in [4.69, 9.17) is 16.0 Å². The van der Waals surface area contributed by atoms with E-state index in [9.17, 15) is 23.1 Å². The van der Waals surface area contributed by atoms with E-state index < -0.39 is 29.3 Å². The molecule has 0 aliphatic rings. The summed E-state index contributed by atoms with van der Waals surface area (Å²) in [5, 5.41) is 13.5. The highest BCUT2D eigenvalue weighted by Gasteiger charge is 2.33. The van der Waals surface area contributed by atoms with Crippen LogP contribution >= 0.6 is 11.6 Å². The van der Waals surface area contributed by atoms with Crippen LogP contribution in [0.1, 0.15) is 36.8 Å². The number of carbonyl (C=O) groups excluding carboxylic acids is 1. The topological polar surface area (TPSA) is 75.4 Å². The van der Waals surface area contributed by atoms with Crippen molar-refractivity contribution in [3.63, 3.8) is 0 Å². The van der Waals surface area contributed by atoms with Crippen molar-refractivity contribution in [1.82, 2.24) is 4.98 Å². The van der Waals surface area contributed by atoms with Crippen molar-refractivity contribution in [2.24, 2.45) is 0 Å². The lowest BCUT2D eigenvalue weighted by molar-refractivity contribution is -0.137. The molecule has 0 bridgehead atoms. The van der Waals surface area contributed by atoms with Crippen LogP contribution < -0.4 is 5.32 Å². The smallest absolute Gasteiger partial charge is 0.416 e. The zero-order chi connectivity index (χ0) is 25.9. The first kappa shape index (κ1) is 25.3. The number of phenols is 1. The highest BCUT2D eigenvalue weighted by atomic mass is 35.5. The molecule has 0 aliphatic heterocycles. The highest BCUT2D eigenvalue weighted by Crippen LogP contribution is 2.39. The van der Waals surface area contributed by atoms with E-state index in [0.717, 1.165) is 12.1 Å². The van der Waals surface area contributed by atoms with E-state index in [0.29, 0.717) is 34.3 Å². The van der Waals surface area contributed by atoms with Crippen LogP contribution in [0.2, 0.25) is 5.02 Å². The third-order valence-corrected chi connectivity index (χ3v) is 5.97. The Hall–Kier alpha value is -3.78. The number of rotatable bonds is 7. The fourth-order valence-corrected chi connectivity index (χ4v) is 4.10. The molecule has 1 unspecified atom stereocenters. The Morgan fingerprint density at radius 3 is 2.42 bits per heavy atom. The summed E-state index contributed by atoms with van der Waals surface area (Å²) in [5.41, 5.74) is 0.605. The molecule has 4 aromatic rings. The van der Waals surface area contributed by atoms with Crippen molar-refractivity contribution in [3.8, 4) is 28.5 Å². The van der Waals surface area contributed by atoms with Gasteiger partial charge in [-0.05, 0) is 36.8 Å². The first-order valence-electron chi connectivity index (χ1n) is 11.2. The summed E-state index contributed by atoms with van der Waals surface area (Å²) in [5.74, 6) is -1.80. The maximum atomic E-state index is 13.4. The molecule has 0 fully saturated rings. The molecule has 0 saturated heterocycles. The van der Waals surface area contributed by atoms with Gasteiger partial charge in [0.1, 0.15) is 11.4 Å². The second kappa shape index (κ2) is 10.5. The molecule has 0 saturated carbocycles. The van der Waals surface area contributed by atoms with Gasteiger partial charge in [-0.25, -0.2) is 4.98 Å². The molecule has 3 aromatic carbocycles. The Bertz CT molecular complexity index is 1370. The molecule has 1 amide bonds. The average molecular weight is 515 g/mol. The molecule has 4 rings (SSSR count). The van der Waals surface area contributed by atoms with Crippen molar-refractivity contribution in [2.75, 3.05) is 5.32 Å². The van der Waals surface area contributed by atoms with Gasteiger partial charge in [-0.1, -0.05) is 67.4 Å². The predicted octanol–water partition coefficient (Wildman–Crippen LogP) is 7.91. The number of phenolic OH excluding ortho intramolecular Hbond substituents is 1. The van der Waals surface area contributed by atoms with Gasteiger partial charge in [0.15, 0.2) is 0 Å². The Kier molecular flexibility index (Phi) is 7.35. The van der Waals surface area contributed by atoms with Crippen LogP contribution in [0.15, 0.2) is 77.2 Å². The van der Waals surface area contributed by atoms with E-state index >= 15 is 0 Å². The molecule has 36 heavy (non-hydrogen) atoms. The van der Waals surface area contributed by atoms with Gasteiger partial charge in [0.05, 0.1) is 16.5 Å². The molecular formula is C27H22ClF3N2O3. The zero-order valence-electron chi connectivity index (χ0n) is 19.1. The maximum absolute atomic E-state index is 13.4. The van der Waals surface area contributed by atoms with E-state index in [1.165, 1.54) is 0 Å². The molecule has 186 valence electrons. The molecule has 1 aromatic heterocycles. The second-order valence-corrected chi connectivity index (χ2v) is 8.55. The summed E-state index contributed by atoms with van der Waals surface area (Å²) in [4.78, 5) is 17.9.